The second kappa shape index (κ2) is 7.49. The molecule has 0 aromatic heterocycles. The minimum absolute atomic E-state index is 0.0171. The fourth-order valence-electron chi connectivity index (χ4n) is 2.49. The number of rotatable bonds is 7. The summed E-state index contributed by atoms with van der Waals surface area (Å²) in [5.41, 5.74) is 5.81. The number of hydrogen-bond acceptors (Lipinski definition) is 4. The molecule has 1 aliphatic rings. The van der Waals surface area contributed by atoms with Crippen molar-refractivity contribution in [2.24, 2.45) is 11.1 Å². The van der Waals surface area contributed by atoms with E-state index in [1.807, 2.05) is 29.2 Å². The molecule has 0 spiro atoms. The number of hydrogen-bond donors (Lipinski definition) is 1. The summed E-state index contributed by atoms with van der Waals surface area (Å²) in [5, 5.41) is 0. The van der Waals surface area contributed by atoms with Crippen molar-refractivity contribution in [3.05, 3.63) is 24.3 Å². The number of nitrogens with two attached hydrogens (primary N) is 1. The number of carbonyl (C=O) groups excluding carboxylic acids is 1. The maximum Gasteiger partial charge on any atom is 0.260 e. The Kier molecular flexibility index (Phi) is 5.66. The number of ether oxygens (including phenoxy) is 2. The van der Waals surface area contributed by atoms with Crippen LogP contribution in [-0.4, -0.2) is 43.7 Å². The Labute approximate surface area is 132 Å². The summed E-state index contributed by atoms with van der Waals surface area (Å²) in [6.07, 6.45) is 1.93. The third-order valence-electron chi connectivity index (χ3n) is 4.06. The number of benzene rings is 1. The summed E-state index contributed by atoms with van der Waals surface area (Å²) in [5.74, 6) is 1.51. The standard InChI is InChI=1S/C17H26N2O3/c1-3-10-21-14-4-6-15(7-5-14)22-11-16(20)19-9-8-17(2,12-18)13-19/h4-7H,3,8-13,18H2,1-2H3. The van der Waals surface area contributed by atoms with Crippen molar-refractivity contribution in [3.8, 4) is 11.5 Å². The third kappa shape index (κ3) is 4.37. The van der Waals surface area contributed by atoms with Gasteiger partial charge in [0.2, 0.25) is 0 Å². The summed E-state index contributed by atoms with van der Waals surface area (Å²) in [4.78, 5) is 14.0. The van der Waals surface area contributed by atoms with E-state index < -0.39 is 0 Å². The van der Waals surface area contributed by atoms with Gasteiger partial charge in [0.15, 0.2) is 6.61 Å². The van der Waals surface area contributed by atoms with Crippen molar-refractivity contribution in [1.29, 1.82) is 0 Å². The van der Waals surface area contributed by atoms with Gasteiger partial charge in [-0.25, -0.2) is 0 Å². The molecule has 1 heterocycles. The first kappa shape index (κ1) is 16.6. The minimum Gasteiger partial charge on any atom is -0.494 e. The third-order valence-corrected chi connectivity index (χ3v) is 4.06. The van der Waals surface area contributed by atoms with Crippen molar-refractivity contribution in [2.45, 2.75) is 26.7 Å². The average molecular weight is 306 g/mol. The zero-order valence-corrected chi connectivity index (χ0v) is 13.5. The maximum absolute atomic E-state index is 12.2. The number of likely N-dealkylation sites (tertiary alicyclic amines) is 1. The molecule has 1 aromatic carbocycles. The maximum atomic E-state index is 12.2. The van der Waals surface area contributed by atoms with Crippen LogP contribution in [0.5, 0.6) is 11.5 Å². The second-order valence-electron chi connectivity index (χ2n) is 6.19. The lowest BCUT2D eigenvalue weighted by Gasteiger charge is -2.22. The van der Waals surface area contributed by atoms with Crippen molar-refractivity contribution >= 4 is 5.91 Å². The topological polar surface area (TPSA) is 64.8 Å². The predicted octanol–water partition coefficient (Wildman–Crippen LogP) is 2.05. The lowest BCUT2D eigenvalue weighted by atomic mass is 9.90. The summed E-state index contributed by atoms with van der Waals surface area (Å²) >= 11 is 0. The molecule has 0 aliphatic carbocycles. The average Bonchev–Trinajstić information content (AvgIpc) is 2.95. The summed E-state index contributed by atoms with van der Waals surface area (Å²) in [7, 11) is 0. The van der Waals surface area contributed by atoms with Crippen molar-refractivity contribution < 1.29 is 14.3 Å². The molecule has 0 saturated carbocycles. The molecular weight excluding hydrogens is 280 g/mol. The molecular formula is C17H26N2O3. The van der Waals surface area contributed by atoms with Crippen molar-refractivity contribution in [3.63, 3.8) is 0 Å². The van der Waals surface area contributed by atoms with Crippen LogP contribution >= 0.6 is 0 Å². The molecule has 0 radical (unpaired) electrons. The minimum atomic E-state index is 0.0171. The van der Waals surface area contributed by atoms with E-state index in [1.54, 1.807) is 0 Å². The van der Waals surface area contributed by atoms with Crippen LogP contribution in [-0.2, 0) is 4.79 Å². The lowest BCUT2D eigenvalue weighted by molar-refractivity contribution is -0.132. The molecule has 5 heteroatoms. The van der Waals surface area contributed by atoms with Gasteiger partial charge < -0.3 is 20.1 Å². The first-order valence-corrected chi connectivity index (χ1v) is 7.90. The van der Waals surface area contributed by atoms with Gasteiger partial charge in [-0.3, -0.25) is 4.79 Å². The van der Waals surface area contributed by atoms with E-state index in [9.17, 15) is 4.79 Å². The molecule has 1 atom stereocenters. The zero-order chi connectivity index (χ0) is 16.0. The Morgan fingerprint density at radius 2 is 1.91 bits per heavy atom. The van der Waals surface area contributed by atoms with E-state index in [1.165, 1.54) is 0 Å². The largest absolute Gasteiger partial charge is 0.494 e. The smallest absolute Gasteiger partial charge is 0.260 e. The summed E-state index contributed by atoms with van der Waals surface area (Å²) < 4.78 is 11.1. The van der Waals surface area contributed by atoms with E-state index >= 15 is 0 Å². The molecule has 1 aromatic rings. The van der Waals surface area contributed by atoms with Crippen LogP contribution in [0.25, 0.3) is 0 Å². The second-order valence-corrected chi connectivity index (χ2v) is 6.19. The van der Waals surface area contributed by atoms with Crippen molar-refractivity contribution in [1.82, 2.24) is 4.90 Å². The van der Waals surface area contributed by atoms with Crippen LogP contribution in [0.4, 0.5) is 0 Å². The molecule has 1 fully saturated rings. The summed E-state index contributed by atoms with van der Waals surface area (Å²) in [6.45, 7) is 7.04. The fourth-order valence-corrected chi connectivity index (χ4v) is 2.49. The van der Waals surface area contributed by atoms with Crippen LogP contribution in [0.2, 0.25) is 0 Å². The molecule has 1 saturated heterocycles. The van der Waals surface area contributed by atoms with Gasteiger partial charge in [-0.05, 0) is 49.1 Å². The lowest BCUT2D eigenvalue weighted by Crippen LogP contribution is -2.36. The number of nitrogens with zero attached hydrogens (tertiary/aromatic N) is 1. The summed E-state index contributed by atoms with van der Waals surface area (Å²) in [6, 6.07) is 7.37. The quantitative estimate of drug-likeness (QED) is 0.837. The Morgan fingerprint density at radius 1 is 1.27 bits per heavy atom. The molecule has 122 valence electrons. The Balaban J connectivity index is 1.79. The first-order chi connectivity index (χ1) is 10.6. The van der Waals surface area contributed by atoms with Crippen LogP contribution < -0.4 is 15.2 Å². The van der Waals surface area contributed by atoms with Gasteiger partial charge in [0.1, 0.15) is 11.5 Å². The van der Waals surface area contributed by atoms with Crippen LogP contribution in [0.15, 0.2) is 24.3 Å². The van der Waals surface area contributed by atoms with E-state index in [4.69, 9.17) is 15.2 Å². The Morgan fingerprint density at radius 3 is 2.45 bits per heavy atom. The highest BCUT2D eigenvalue weighted by Gasteiger charge is 2.34. The van der Waals surface area contributed by atoms with E-state index in [0.29, 0.717) is 18.9 Å². The van der Waals surface area contributed by atoms with Gasteiger partial charge in [-0.2, -0.15) is 0 Å². The first-order valence-electron chi connectivity index (χ1n) is 7.90. The highest BCUT2D eigenvalue weighted by Crippen LogP contribution is 2.28. The van der Waals surface area contributed by atoms with Crippen LogP contribution in [0.1, 0.15) is 26.7 Å². The van der Waals surface area contributed by atoms with E-state index in [2.05, 4.69) is 13.8 Å². The van der Waals surface area contributed by atoms with Gasteiger partial charge in [-0.15, -0.1) is 0 Å². The number of carbonyl (C=O) groups is 1. The van der Waals surface area contributed by atoms with E-state index in [-0.39, 0.29) is 17.9 Å². The highest BCUT2D eigenvalue weighted by molar-refractivity contribution is 5.78. The van der Waals surface area contributed by atoms with E-state index in [0.717, 1.165) is 31.7 Å². The van der Waals surface area contributed by atoms with Gasteiger partial charge in [0.25, 0.3) is 5.91 Å². The van der Waals surface area contributed by atoms with Gasteiger partial charge in [-0.1, -0.05) is 13.8 Å². The van der Waals surface area contributed by atoms with Crippen LogP contribution in [0, 0.1) is 5.41 Å². The zero-order valence-electron chi connectivity index (χ0n) is 13.5. The van der Waals surface area contributed by atoms with Gasteiger partial charge >= 0.3 is 0 Å². The molecule has 1 aliphatic heterocycles. The molecule has 2 N–H and O–H groups in total. The number of amides is 1. The normalized spacial score (nSPS) is 21.0. The molecule has 1 unspecified atom stereocenters. The Bertz CT molecular complexity index is 489. The van der Waals surface area contributed by atoms with Crippen LogP contribution in [0.3, 0.4) is 0 Å². The van der Waals surface area contributed by atoms with Gasteiger partial charge in [0, 0.05) is 13.1 Å². The van der Waals surface area contributed by atoms with Gasteiger partial charge in [0.05, 0.1) is 6.61 Å². The molecule has 22 heavy (non-hydrogen) atoms. The molecule has 5 nitrogen and oxygen atoms in total. The van der Waals surface area contributed by atoms with Crippen molar-refractivity contribution in [2.75, 3.05) is 32.8 Å². The predicted molar refractivity (Wildman–Crippen MR) is 86.1 cm³/mol. The molecule has 1 amide bonds. The Hall–Kier alpha value is -1.75. The SMILES string of the molecule is CCCOc1ccc(OCC(=O)N2CCC(C)(CN)C2)cc1. The monoisotopic (exact) mass is 306 g/mol. The molecule has 0 bridgehead atoms. The molecule has 2 rings (SSSR count). The fraction of sp³-hybridized carbons (Fsp3) is 0.588. The highest BCUT2D eigenvalue weighted by atomic mass is 16.5.